The monoisotopic (exact) mass is 396 g/mol. The third-order valence-corrected chi connectivity index (χ3v) is 5.80. The smallest absolute Gasteiger partial charge is 0.155 e. The van der Waals surface area contributed by atoms with Crippen molar-refractivity contribution < 1.29 is 5.11 Å². The van der Waals surface area contributed by atoms with Gasteiger partial charge in [-0.2, -0.15) is 5.10 Å². The van der Waals surface area contributed by atoms with Crippen LogP contribution in [0.5, 0.6) is 0 Å². The normalized spacial score (nSPS) is 23.3. The number of aryl methyl sites for hydroxylation is 1. The van der Waals surface area contributed by atoms with Gasteiger partial charge in [-0.3, -0.25) is 0 Å². The van der Waals surface area contributed by atoms with E-state index in [1.165, 1.54) is 0 Å². The molecule has 1 heterocycles. The summed E-state index contributed by atoms with van der Waals surface area (Å²) in [7, 11) is 0. The predicted octanol–water partition coefficient (Wildman–Crippen LogP) is 3.93. The molecule has 1 aromatic carbocycles. The number of unbranched alkanes of at least 4 members (excludes halogenated alkanes) is 1. The predicted molar refractivity (Wildman–Crippen MR) is 105 cm³/mol. The van der Waals surface area contributed by atoms with Gasteiger partial charge in [-0.1, -0.05) is 42.6 Å². The van der Waals surface area contributed by atoms with Crippen LogP contribution in [-0.2, 0) is 13.0 Å². The molecule has 3 rings (SSSR count). The van der Waals surface area contributed by atoms with Crippen LogP contribution in [0.4, 0.5) is 0 Å². The minimum atomic E-state index is -0.417. The molecule has 0 aliphatic heterocycles. The largest absolute Gasteiger partial charge is 0.392 e. The van der Waals surface area contributed by atoms with E-state index in [4.69, 9.17) is 39.0 Å². The maximum absolute atomic E-state index is 9.92. The molecular formula is C19H26Cl2N4O. The zero-order chi connectivity index (χ0) is 18.7. The van der Waals surface area contributed by atoms with Crippen molar-refractivity contribution in [2.24, 2.45) is 5.73 Å². The molecule has 3 atom stereocenters. The van der Waals surface area contributed by atoms with Crippen LogP contribution < -0.4 is 5.73 Å². The van der Waals surface area contributed by atoms with E-state index in [0.29, 0.717) is 22.9 Å². The van der Waals surface area contributed by atoms with Crippen molar-refractivity contribution in [3.63, 3.8) is 0 Å². The second kappa shape index (κ2) is 8.70. The van der Waals surface area contributed by atoms with E-state index in [1.54, 1.807) is 0 Å². The molecule has 1 saturated carbocycles. The average molecular weight is 397 g/mol. The van der Waals surface area contributed by atoms with Crippen molar-refractivity contribution in [3.05, 3.63) is 45.5 Å². The topological polar surface area (TPSA) is 77.0 Å². The highest BCUT2D eigenvalue weighted by molar-refractivity contribution is 6.36. The van der Waals surface area contributed by atoms with E-state index < -0.39 is 6.10 Å². The molecule has 1 aliphatic rings. The van der Waals surface area contributed by atoms with Gasteiger partial charge >= 0.3 is 0 Å². The van der Waals surface area contributed by atoms with E-state index in [2.05, 4.69) is 6.92 Å². The Morgan fingerprint density at radius 2 is 2.00 bits per heavy atom. The highest BCUT2D eigenvalue weighted by atomic mass is 35.5. The van der Waals surface area contributed by atoms with E-state index in [9.17, 15) is 5.11 Å². The summed E-state index contributed by atoms with van der Waals surface area (Å²) < 4.78 is 2.01. The van der Waals surface area contributed by atoms with Gasteiger partial charge in [-0.05, 0) is 43.4 Å². The molecule has 1 fully saturated rings. The zero-order valence-corrected chi connectivity index (χ0v) is 16.5. The SMILES string of the molecule is CCCCn1nc(Cc2c(Cl)cccc2Cl)nc1[C@H]1CC[C@@H](O)[C@H](N)C1. The van der Waals surface area contributed by atoms with Gasteiger partial charge < -0.3 is 10.8 Å². The standard InChI is InChI=1S/C19H26Cl2N4O/c1-2-3-9-25-19(12-7-8-17(26)16(22)10-12)23-18(24-25)11-13-14(20)5-4-6-15(13)21/h4-6,12,16-17,26H,2-3,7-11,22H2,1H3/t12-,16+,17+/m0/s1. The van der Waals surface area contributed by atoms with E-state index in [-0.39, 0.29) is 12.0 Å². The van der Waals surface area contributed by atoms with Crippen LogP contribution in [0.3, 0.4) is 0 Å². The van der Waals surface area contributed by atoms with Gasteiger partial charge in [0, 0.05) is 35.0 Å². The van der Waals surface area contributed by atoms with Crippen LogP contribution in [0.2, 0.25) is 10.0 Å². The summed E-state index contributed by atoms with van der Waals surface area (Å²) in [6.45, 7) is 3.00. The van der Waals surface area contributed by atoms with Crippen LogP contribution in [0, 0.1) is 0 Å². The molecule has 0 saturated heterocycles. The van der Waals surface area contributed by atoms with Crippen molar-refractivity contribution in [1.29, 1.82) is 0 Å². The highest BCUT2D eigenvalue weighted by Gasteiger charge is 2.30. The first-order chi connectivity index (χ1) is 12.5. The summed E-state index contributed by atoms with van der Waals surface area (Å²) >= 11 is 12.6. The van der Waals surface area contributed by atoms with Crippen LogP contribution in [0.15, 0.2) is 18.2 Å². The minimum Gasteiger partial charge on any atom is -0.392 e. The number of rotatable bonds is 6. The molecule has 142 valence electrons. The zero-order valence-electron chi connectivity index (χ0n) is 15.0. The number of hydrogen-bond donors (Lipinski definition) is 2. The number of aliphatic hydroxyl groups excluding tert-OH is 1. The van der Waals surface area contributed by atoms with Crippen LogP contribution in [-0.4, -0.2) is 32.0 Å². The van der Waals surface area contributed by atoms with E-state index in [1.807, 2.05) is 22.9 Å². The Bertz CT molecular complexity index is 729. The van der Waals surface area contributed by atoms with Gasteiger partial charge in [0.25, 0.3) is 0 Å². The first-order valence-electron chi connectivity index (χ1n) is 9.29. The Balaban J connectivity index is 1.87. The van der Waals surface area contributed by atoms with E-state index >= 15 is 0 Å². The fourth-order valence-corrected chi connectivity index (χ4v) is 4.07. The lowest BCUT2D eigenvalue weighted by atomic mass is 9.83. The molecule has 1 aliphatic carbocycles. The van der Waals surface area contributed by atoms with Crippen molar-refractivity contribution >= 4 is 23.2 Å². The lowest BCUT2D eigenvalue weighted by Gasteiger charge is -2.30. The van der Waals surface area contributed by atoms with Gasteiger partial charge in [0.2, 0.25) is 0 Å². The quantitative estimate of drug-likeness (QED) is 0.774. The third-order valence-electron chi connectivity index (χ3n) is 5.09. The number of benzene rings is 1. The molecule has 7 heteroatoms. The summed E-state index contributed by atoms with van der Waals surface area (Å²) in [5.41, 5.74) is 6.94. The molecule has 3 N–H and O–H groups in total. The van der Waals surface area contributed by atoms with Crippen molar-refractivity contribution in [2.45, 2.75) is 70.1 Å². The lowest BCUT2D eigenvalue weighted by Crippen LogP contribution is -2.40. The number of aromatic nitrogens is 3. The molecule has 0 spiro atoms. The minimum absolute atomic E-state index is 0.202. The summed E-state index contributed by atoms with van der Waals surface area (Å²) in [6, 6.07) is 5.30. The molecule has 0 unspecified atom stereocenters. The maximum atomic E-state index is 9.92. The summed E-state index contributed by atoms with van der Waals surface area (Å²) in [5.74, 6) is 1.93. The van der Waals surface area contributed by atoms with Crippen LogP contribution >= 0.6 is 23.2 Å². The molecule has 0 bridgehead atoms. The van der Waals surface area contributed by atoms with Crippen LogP contribution in [0.25, 0.3) is 0 Å². The van der Waals surface area contributed by atoms with Gasteiger partial charge in [0.1, 0.15) is 5.82 Å². The third kappa shape index (κ3) is 4.39. The number of halogens is 2. The average Bonchev–Trinajstić information content (AvgIpc) is 3.02. The second-order valence-corrected chi connectivity index (χ2v) is 7.90. The summed E-state index contributed by atoms with van der Waals surface area (Å²) in [5, 5.41) is 15.9. The van der Waals surface area contributed by atoms with Crippen LogP contribution in [0.1, 0.15) is 62.2 Å². The Hall–Kier alpha value is -1.14. The fraction of sp³-hybridized carbons (Fsp3) is 0.579. The Morgan fingerprint density at radius 1 is 1.27 bits per heavy atom. The van der Waals surface area contributed by atoms with Crippen molar-refractivity contribution in [1.82, 2.24) is 14.8 Å². The maximum Gasteiger partial charge on any atom is 0.155 e. The van der Waals surface area contributed by atoms with Crippen molar-refractivity contribution in [3.8, 4) is 0 Å². The Kier molecular flexibility index (Phi) is 6.56. The van der Waals surface area contributed by atoms with Gasteiger partial charge in [-0.15, -0.1) is 0 Å². The number of nitrogens with zero attached hydrogens (tertiary/aromatic N) is 3. The number of nitrogens with two attached hydrogens (primary N) is 1. The highest BCUT2D eigenvalue weighted by Crippen LogP contribution is 2.32. The fourth-order valence-electron chi connectivity index (χ4n) is 3.54. The molecular weight excluding hydrogens is 371 g/mol. The summed E-state index contributed by atoms with van der Waals surface area (Å²) in [4.78, 5) is 4.82. The molecule has 2 aromatic rings. The van der Waals surface area contributed by atoms with E-state index in [0.717, 1.165) is 49.4 Å². The first-order valence-corrected chi connectivity index (χ1v) is 10.0. The van der Waals surface area contributed by atoms with Gasteiger partial charge in [0.15, 0.2) is 5.82 Å². The molecule has 26 heavy (non-hydrogen) atoms. The molecule has 0 amide bonds. The summed E-state index contributed by atoms with van der Waals surface area (Å²) in [6.07, 6.45) is 4.55. The first kappa shape index (κ1) is 19.6. The number of aliphatic hydroxyl groups is 1. The second-order valence-electron chi connectivity index (χ2n) is 7.08. The van der Waals surface area contributed by atoms with Gasteiger partial charge in [0.05, 0.1) is 6.10 Å². The number of hydrogen-bond acceptors (Lipinski definition) is 4. The molecule has 1 aromatic heterocycles. The molecule has 5 nitrogen and oxygen atoms in total. The Morgan fingerprint density at radius 3 is 2.65 bits per heavy atom. The Labute approximate surface area is 164 Å². The van der Waals surface area contributed by atoms with Crippen molar-refractivity contribution in [2.75, 3.05) is 0 Å². The lowest BCUT2D eigenvalue weighted by molar-refractivity contribution is 0.0984. The molecule has 0 radical (unpaired) electrons. The van der Waals surface area contributed by atoms with Gasteiger partial charge in [-0.25, -0.2) is 9.67 Å².